The fraction of sp³-hybridized carbons (Fsp3) is 0.115. The number of para-hydroxylation sites is 2. The van der Waals surface area contributed by atoms with Gasteiger partial charge in [0.15, 0.2) is 5.65 Å². The fourth-order valence-corrected chi connectivity index (χ4v) is 5.45. The molecule has 0 spiro atoms. The van der Waals surface area contributed by atoms with Crippen LogP contribution in [0.15, 0.2) is 81.6 Å². The van der Waals surface area contributed by atoms with Gasteiger partial charge in [-0.3, -0.25) is 0 Å². The molecule has 3 aromatic carbocycles. The van der Waals surface area contributed by atoms with E-state index in [0.29, 0.717) is 11.0 Å². The van der Waals surface area contributed by atoms with Crippen LogP contribution in [0.4, 0.5) is 5.82 Å². The van der Waals surface area contributed by atoms with E-state index in [-0.39, 0.29) is 26.8 Å². The van der Waals surface area contributed by atoms with Gasteiger partial charge in [-0.05, 0) is 61.7 Å². The number of hydrogen-bond acceptors (Lipinski definition) is 6. The minimum atomic E-state index is -4.00. The number of rotatable bonds is 4. The third kappa shape index (κ3) is 3.62. The van der Waals surface area contributed by atoms with Gasteiger partial charge >= 0.3 is 0 Å². The van der Waals surface area contributed by atoms with Crippen LogP contribution in [0, 0.1) is 20.8 Å². The molecule has 0 saturated carbocycles. The molecule has 2 heterocycles. The van der Waals surface area contributed by atoms with Crippen LogP contribution in [-0.2, 0) is 9.84 Å². The van der Waals surface area contributed by atoms with Gasteiger partial charge in [0.2, 0.25) is 9.84 Å². The first kappa shape index (κ1) is 21.8. The number of anilines is 1. The van der Waals surface area contributed by atoms with Gasteiger partial charge in [0.05, 0.1) is 22.1 Å². The van der Waals surface area contributed by atoms with Crippen molar-refractivity contribution in [2.45, 2.75) is 30.6 Å². The van der Waals surface area contributed by atoms with Gasteiger partial charge in [0.1, 0.15) is 16.2 Å². The molecule has 5 aromatic rings. The number of fused-ring (bicyclic) bond motifs is 2. The maximum atomic E-state index is 13.8. The summed E-state index contributed by atoms with van der Waals surface area (Å²) >= 11 is 0. The number of nitrogens with zero attached hydrogens (tertiary/aromatic N) is 4. The van der Waals surface area contributed by atoms with Crippen LogP contribution in [-0.4, -0.2) is 29.3 Å². The molecule has 0 unspecified atom stereocenters. The van der Waals surface area contributed by atoms with Crippen LogP contribution in [0.25, 0.3) is 22.2 Å². The number of benzene rings is 3. The van der Waals surface area contributed by atoms with Crippen molar-refractivity contribution in [3.63, 3.8) is 0 Å². The maximum Gasteiger partial charge on any atom is 0.212 e. The summed E-state index contributed by atoms with van der Waals surface area (Å²) in [4.78, 5) is 9.37. The molecule has 0 aliphatic rings. The van der Waals surface area contributed by atoms with Crippen molar-refractivity contribution in [3.8, 4) is 0 Å². The van der Waals surface area contributed by atoms with Gasteiger partial charge in [-0.1, -0.05) is 48.0 Å². The van der Waals surface area contributed by atoms with Crippen LogP contribution in [0.3, 0.4) is 0 Å². The van der Waals surface area contributed by atoms with E-state index in [1.807, 2.05) is 63.2 Å². The van der Waals surface area contributed by atoms with Gasteiger partial charge in [0, 0.05) is 0 Å². The van der Waals surface area contributed by atoms with E-state index < -0.39 is 9.84 Å². The molecule has 7 nitrogen and oxygen atoms in total. The number of nitrogens with two attached hydrogens (primary N) is 1. The molecule has 34 heavy (non-hydrogen) atoms. The highest BCUT2D eigenvalue weighted by Crippen LogP contribution is 2.35. The van der Waals surface area contributed by atoms with Crippen LogP contribution in [0.2, 0.25) is 0 Å². The Labute approximate surface area is 197 Å². The topological polar surface area (TPSA) is 103 Å². The van der Waals surface area contributed by atoms with Gasteiger partial charge in [0.25, 0.3) is 0 Å². The molecule has 0 fully saturated rings. The summed E-state index contributed by atoms with van der Waals surface area (Å²) in [7, 11) is -4.00. The van der Waals surface area contributed by atoms with Crippen molar-refractivity contribution in [2.75, 3.05) is 5.73 Å². The second-order valence-electron chi connectivity index (χ2n) is 8.32. The van der Waals surface area contributed by atoms with Gasteiger partial charge in [-0.25, -0.2) is 18.4 Å². The average molecular weight is 470 g/mol. The lowest BCUT2D eigenvalue weighted by atomic mass is 10.1. The Morgan fingerprint density at radius 2 is 1.62 bits per heavy atom. The number of sulfone groups is 1. The zero-order valence-electron chi connectivity index (χ0n) is 19.0. The second kappa shape index (κ2) is 8.07. The number of aryl methyl sites for hydroxylation is 3. The molecular weight excluding hydrogens is 446 g/mol. The van der Waals surface area contributed by atoms with E-state index in [4.69, 9.17) is 5.73 Å². The largest absolute Gasteiger partial charge is 0.382 e. The van der Waals surface area contributed by atoms with Crippen LogP contribution in [0.1, 0.15) is 22.3 Å². The SMILES string of the molecule is Cc1cccc(/C=N\n2c(N)c(S(=O)(=O)c3ccc(C)c(C)c3)c3nc4ccccc4nc32)c1. The lowest BCUT2D eigenvalue weighted by molar-refractivity contribution is 0.597. The number of hydrogen-bond donors (Lipinski definition) is 1. The summed E-state index contributed by atoms with van der Waals surface area (Å²) in [5.74, 6) is -0.0348. The van der Waals surface area contributed by atoms with Gasteiger partial charge < -0.3 is 5.73 Å². The summed E-state index contributed by atoms with van der Waals surface area (Å²) < 4.78 is 28.9. The van der Waals surface area contributed by atoms with E-state index in [1.165, 1.54) is 4.68 Å². The Hall–Kier alpha value is -4.04. The lowest BCUT2D eigenvalue weighted by Gasteiger charge is -2.07. The molecule has 0 atom stereocenters. The van der Waals surface area contributed by atoms with Crippen LogP contribution >= 0.6 is 0 Å². The Morgan fingerprint density at radius 1 is 0.882 bits per heavy atom. The quantitative estimate of drug-likeness (QED) is 0.381. The van der Waals surface area contributed by atoms with Crippen molar-refractivity contribution in [3.05, 3.63) is 89.0 Å². The zero-order chi connectivity index (χ0) is 24.0. The molecule has 0 aliphatic heterocycles. The first-order valence-electron chi connectivity index (χ1n) is 10.8. The van der Waals surface area contributed by atoms with Crippen LogP contribution < -0.4 is 5.73 Å². The van der Waals surface area contributed by atoms with Crippen molar-refractivity contribution in [2.24, 2.45) is 5.10 Å². The molecule has 0 amide bonds. The van der Waals surface area contributed by atoms with Crippen molar-refractivity contribution in [1.82, 2.24) is 14.6 Å². The predicted octanol–water partition coefficient (Wildman–Crippen LogP) is 4.81. The minimum absolute atomic E-state index is 0.0348. The van der Waals surface area contributed by atoms with E-state index >= 15 is 0 Å². The highest BCUT2D eigenvalue weighted by atomic mass is 32.2. The smallest absolute Gasteiger partial charge is 0.212 e. The average Bonchev–Trinajstić information content (AvgIpc) is 3.08. The monoisotopic (exact) mass is 469 g/mol. The third-order valence-corrected chi connectivity index (χ3v) is 7.66. The Balaban J connectivity index is 1.80. The van der Waals surface area contributed by atoms with Crippen LogP contribution in [0.5, 0.6) is 0 Å². The first-order chi connectivity index (χ1) is 16.3. The van der Waals surface area contributed by atoms with Crippen molar-refractivity contribution >= 4 is 44.1 Å². The molecule has 8 heteroatoms. The molecule has 0 bridgehead atoms. The highest BCUT2D eigenvalue weighted by molar-refractivity contribution is 7.92. The summed E-state index contributed by atoms with van der Waals surface area (Å²) in [6.45, 7) is 5.80. The summed E-state index contributed by atoms with van der Waals surface area (Å²) in [5, 5.41) is 4.51. The molecule has 170 valence electrons. The first-order valence-corrected chi connectivity index (χ1v) is 12.2. The van der Waals surface area contributed by atoms with E-state index in [0.717, 1.165) is 22.3 Å². The second-order valence-corrected chi connectivity index (χ2v) is 10.2. The lowest BCUT2D eigenvalue weighted by Crippen LogP contribution is -2.07. The Bertz CT molecular complexity index is 1720. The van der Waals surface area contributed by atoms with Crippen molar-refractivity contribution < 1.29 is 8.42 Å². The molecule has 2 aromatic heterocycles. The zero-order valence-corrected chi connectivity index (χ0v) is 19.8. The standard InChI is InChI=1S/C26H23N5O2S/c1-16-7-6-8-19(13-16)15-28-31-25(27)24(34(32,33)20-12-11-17(2)18(3)14-20)23-26(31)30-22-10-5-4-9-21(22)29-23/h4-15H,27H2,1-3H3/b28-15-. The van der Waals surface area contributed by atoms with E-state index in [1.54, 1.807) is 30.5 Å². The van der Waals surface area contributed by atoms with Gasteiger partial charge in [-0.2, -0.15) is 9.78 Å². The summed E-state index contributed by atoms with van der Waals surface area (Å²) in [5.41, 5.74) is 11.9. The number of nitrogen functional groups attached to an aromatic ring is 1. The Morgan fingerprint density at radius 3 is 2.32 bits per heavy atom. The molecule has 5 rings (SSSR count). The summed E-state index contributed by atoms with van der Waals surface area (Å²) in [6, 6.07) is 20.1. The van der Waals surface area contributed by atoms with E-state index in [2.05, 4.69) is 15.1 Å². The fourth-order valence-electron chi connectivity index (χ4n) is 3.88. The third-order valence-electron chi connectivity index (χ3n) is 5.85. The number of aromatic nitrogens is 3. The predicted molar refractivity (Wildman–Crippen MR) is 135 cm³/mol. The molecule has 0 saturated heterocycles. The molecular formula is C26H23N5O2S. The minimum Gasteiger partial charge on any atom is -0.382 e. The van der Waals surface area contributed by atoms with Crippen molar-refractivity contribution in [1.29, 1.82) is 0 Å². The van der Waals surface area contributed by atoms with E-state index in [9.17, 15) is 8.42 Å². The normalized spacial score (nSPS) is 12.2. The molecule has 0 aliphatic carbocycles. The summed E-state index contributed by atoms with van der Waals surface area (Å²) in [6.07, 6.45) is 1.63. The highest BCUT2D eigenvalue weighted by Gasteiger charge is 2.30. The molecule has 2 N–H and O–H groups in total. The Kier molecular flexibility index (Phi) is 5.17. The molecule has 0 radical (unpaired) electrons. The van der Waals surface area contributed by atoms with Gasteiger partial charge in [-0.15, -0.1) is 0 Å². The maximum absolute atomic E-state index is 13.8.